The molecule has 0 saturated carbocycles. The second kappa shape index (κ2) is 10.8. The second-order valence-corrected chi connectivity index (χ2v) is 8.42. The van der Waals surface area contributed by atoms with E-state index in [4.69, 9.17) is 14.2 Å². The molecular formula is C27H26N4O6. The number of rotatable bonds is 9. The van der Waals surface area contributed by atoms with E-state index in [-0.39, 0.29) is 29.5 Å². The number of hydrogen-bond donors (Lipinski definition) is 1. The maximum Gasteiger partial charge on any atom is 0.276 e. The van der Waals surface area contributed by atoms with Gasteiger partial charge in [-0.3, -0.25) is 14.9 Å². The highest BCUT2D eigenvalue weighted by Gasteiger charge is 2.16. The minimum Gasteiger partial charge on any atom is -0.497 e. The topological polar surface area (TPSA) is 118 Å². The van der Waals surface area contributed by atoms with Crippen LogP contribution < -0.4 is 19.5 Å². The molecule has 0 atom stereocenters. The molecule has 0 spiro atoms. The van der Waals surface area contributed by atoms with Crippen molar-refractivity contribution >= 4 is 17.3 Å². The third-order valence-electron chi connectivity index (χ3n) is 5.65. The van der Waals surface area contributed by atoms with Gasteiger partial charge in [-0.25, -0.2) is 4.68 Å². The lowest BCUT2D eigenvalue weighted by atomic mass is 10.1. The lowest BCUT2D eigenvalue weighted by molar-refractivity contribution is -0.384. The highest BCUT2D eigenvalue weighted by molar-refractivity contribution is 6.03. The average Bonchev–Trinajstić information content (AvgIpc) is 3.35. The fourth-order valence-electron chi connectivity index (χ4n) is 3.62. The first-order valence-electron chi connectivity index (χ1n) is 11.4. The number of nitrogens with zero attached hydrogens (tertiary/aromatic N) is 3. The Balaban J connectivity index is 1.48. The van der Waals surface area contributed by atoms with Crippen molar-refractivity contribution in [3.8, 4) is 23.0 Å². The number of amides is 1. The molecule has 0 fully saturated rings. The molecule has 0 aliphatic carbocycles. The van der Waals surface area contributed by atoms with Gasteiger partial charge in [0, 0.05) is 18.3 Å². The minimum atomic E-state index is -0.540. The summed E-state index contributed by atoms with van der Waals surface area (Å²) in [5.41, 5.74) is 3.08. The minimum absolute atomic E-state index is 0.0870. The molecular weight excluding hydrogens is 476 g/mol. The largest absolute Gasteiger partial charge is 0.497 e. The number of nitrogens with one attached hydrogen (secondary N) is 1. The van der Waals surface area contributed by atoms with Gasteiger partial charge in [-0.2, -0.15) is 5.10 Å². The Morgan fingerprint density at radius 1 is 1.00 bits per heavy atom. The summed E-state index contributed by atoms with van der Waals surface area (Å²) in [6.07, 6.45) is 1.60. The smallest absolute Gasteiger partial charge is 0.276 e. The van der Waals surface area contributed by atoms with Gasteiger partial charge in [-0.15, -0.1) is 0 Å². The number of aryl methyl sites for hydroxylation is 2. The Morgan fingerprint density at radius 2 is 1.73 bits per heavy atom. The molecule has 4 rings (SSSR count). The van der Waals surface area contributed by atoms with Gasteiger partial charge in [0.15, 0.2) is 12.4 Å². The lowest BCUT2D eigenvalue weighted by Gasteiger charge is -2.13. The lowest BCUT2D eigenvalue weighted by Crippen LogP contribution is -2.14. The molecule has 0 aliphatic heterocycles. The van der Waals surface area contributed by atoms with Gasteiger partial charge in [0.2, 0.25) is 0 Å². The highest BCUT2D eigenvalue weighted by Crippen LogP contribution is 2.33. The van der Waals surface area contributed by atoms with Crippen LogP contribution in [0.2, 0.25) is 0 Å². The van der Waals surface area contributed by atoms with Crippen LogP contribution in [0.25, 0.3) is 0 Å². The molecule has 0 unspecified atom stereocenters. The predicted molar refractivity (Wildman–Crippen MR) is 138 cm³/mol. The summed E-state index contributed by atoms with van der Waals surface area (Å²) >= 11 is 0. The molecule has 0 radical (unpaired) electrons. The van der Waals surface area contributed by atoms with Crippen LogP contribution in [0.5, 0.6) is 23.0 Å². The molecule has 37 heavy (non-hydrogen) atoms. The number of benzene rings is 3. The molecule has 0 saturated heterocycles. The number of aromatic nitrogens is 2. The third-order valence-corrected chi connectivity index (χ3v) is 5.65. The Bertz CT molecular complexity index is 1450. The number of non-ortho nitro benzene ring substituents is 1. The van der Waals surface area contributed by atoms with Gasteiger partial charge < -0.3 is 19.5 Å². The van der Waals surface area contributed by atoms with Crippen LogP contribution >= 0.6 is 0 Å². The number of nitro benzene ring substituents is 1. The summed E-state index contributed by atoms with van der Waals surface area (Å²) in [7, 11) is 1.58. The number of nitro groups is 1. The number of carbonyl (C=O) groups is 1. The van der Waals surface area contributed by atoms with Gasteiger partial charge in [0.05, 0.1) is 23.8 Å². The van der Waals surface area contributed by atoms with Gasteiger partial charge in [-0.1, -0.05) is 6.07 Å². The van der Waals surface area contributed by atoms with E-state index >= 15 is 0 Å². The summed E-state index contributed by atoms with van der Waals surface area (Å²) < 4.78 is 18.2. The van der Waals surface area contributed by atoms with Crippen molar-refractivity contribution in [2.24, 2.45) is 0 Å². The summed E-state index contributed by atoms with van der Waals surface area (Å²) in [5, 5.41) is 18.4. The Hall–Kier alpha value is -4.86. The van der Waals surface area contributed by atoms with E-state index in [1.165, 1.54) is 28.9 Å². The maximum atomic E-state index is 12.8. The molecule has 1 amide bonds. The van der Waals surface area contributed by atoms with Crippen LogP contribution in [0, 0.1) is 30.9 Å². The standard InChI is InChI=1S/C27H26N4O6/c1-17-11-18(2)19(3)26(12-17)37-24-14-20(13-21(15-24)31(33)34)28-27(32)25-9-10-30(29-25)16-36-23-7-5-22(35-4)6-8-23/h5-15H,16H2,1-4H3,(H,28,32). The molecule has 1 N–H and O–H groups in total. The number of anilines is 1. The summed E-state index contributed by atoms with van der Waals surface area (Å²) in [5.74, 6) is 1.62. The van der Waals surface area contributed by atoms with E-state index in [0.717, 1.165) is 16.7 Å². The average molecular weight is 503 g/mol. The molecule has 4 aromatic rings. The highest BCUT2D eigenvalue weighted by atomic mass is 16.6. The molecule has 1 aromatic heterocycles. The van der Waals surface area contributed by atoms with Crippen molar-refractivity contribution in [1.82, 2.24) is 9.78 Å². The monoisotopic (exact) mass is 502 g/mol. The molecule has 10 heteroatoms. The second-order valence-electron chi connectivity index (χ2n) is 8.42. The van der Waals surface area contributed by atoms with Gasteiger partial charge >= 0.3 is 0 Å². The van der Waals surface area contributed by atoms with Crippen molar-refractivity contribution in [1.29, 1.82) is 0 Å². The van der Waals surface area contributed by atoms with E-state index in [2.05, 4.69) is 10.4 Å². The fraction of sp³-hybridized carbons (Fsp3) is 0.185. The zero-order valence-corrected chi connectivity index (χ0v) is 20.8. The zero-order chi connectivity index (χ0) is 26.5. The van der Waals surface area contributed by atoms with Crippen molar-refractivity contribution < 1.29 is 23.9 Å². The quantitative estimate of drug-likeness (QED) is 0.227. The van der Waals surface area contributed by atoms with Crippen LogP contribution in [-0.2, 0) is 6.73 Å². The predicted octanol–water partition coefficient (Wildman–Crippen LogP) is 5.81. The number of ether oxygens (including phenoxy) is 3. The van der Waals surface area contributed by atoms with Crippen LogP contribution in [-0.4, -0.2) is 27.7 Å². The van der Waals surface area contributed by atoms with E-state index in [9.17, 15) is 14.9 Å². The van der Waals surface area contributed by atoms with E-state index in [1.54, 1.807) is 37.6 Å². The normalized spacial score (nSPS) is 10.6. The summed E-state index contributed by atoms with van der Waals surface area (Å²) in [6, 6.07) is 16.6. The molecule has 10 nitrogen and oxygen atoms in total. The first kappa shape index (κ1) is 25.2. The molecule has 1 heterocycles. The summed E-state index contributed by atoms with van der Waals surface area (Å²) in [6.45, 7) is 5.91. The van der Waals surface area contributed by atoms with Crippen molar-refractivity contribution in [2.45, 2.75) is 27.5 Å². The first-order chi connectivity index (χ1) is 17.7. The van der Waals surface area contributed by atoms with Crippen LogP contribution in [0.3, 0.4) is 0 Å². The van der Waals surface area contributed by atoms with E-state index in [0.29, 0.717) is 17.2 Å². The maximum absolute atomic E-state index is 12.8. The van der Waals surface area contributed by atoms with Crippen LogP contribution in [0.1, 0.15) is 27.2 Å². The van der Waals surface area contributed by atoms with Crippen molar-refractivity contribution in [3.63, 3.8) is 0 Å². The molecule has 3 aromatic carbocycles. The SMILES string of the molecule is COc1ccc(OCn2ccc(C(=O)Nc3cc(Oc4cc(C)cc(C)c4C)cc([N+](=O)[O-])c3)n2)cc1. The first-order valence-corrected chi connectivity index (χ1v) is 11.4. The molecule has 0 bridgehead atoms. The van der Waals surface area contributed by atoms with Gasteiger partial charge in [0.25, 0.3) is 11.6 Å². The van der Waals surface area contributed by atoms with Crippen LogP contribution in [0.15, 0.2) is 66.9 Å². The Labute approximate surface area is 213 Å². The molecule has 0 aliphatic rings. The molecule has 190 valence electrons. The number of carbonyl (C=O) groups excluding carboxylic acids is 1. The summed E-state index contributed by atoms with van der Waals surface area (Å²) in [4.78, 5) is 23.8. The zero-order valence-electron chi connectivity index (χ0n) is 20.8. The Kier molecular flexibility index (Phi) is 7.38. The van der Waals surface area contributed by atoms with Gasteiger partial charge in [0.1, 0.15) is 23.0 Å². The third kappa shape index (κ3) is 6.23. The number of hydrogen-bond acceptors (Lipinski definition) is 7. The van der Waals surface area contributed by atoms with Crippen molar-refractivity contribution in [3.05, 3.63) is 99.4 Å². The van der Waals surface area contributed by atoms with Crippen molar-refractivity contribution in [2.75, 3.05) is 12.4 Å². The Morgan fingerprint density at radius 3 is 2.43 bits per heavy atom. The van der Waals surface area contributed by atoms with Crippen LogP contribution in [0.4, 0.5) is 11.4 Å². The number of methoxy groups -OCH3 is 1. The van der Waals surface area contributed by atoms with E-state index < -0.39 is 10.8 Å². The van der Waals surface area contributed by atoms with Gasteiger partial charge in [-0.05, 0) is 73.9 Å². The fourth-order valence-corrected chi connectivity index (χ4v) is 3.62. The van der Waals surface area contributed by atoms with E-state index in [1.807, 2.05) is 32.9 Å².